The van der Waals surface area contributed by atoms with Gasteiger partial charge in [-0.2, -0.15) is 0 Å². The molecule has 4 nitrogen and oxygen atoms in total. The molecule has 1 fully saturated rings. The average Bonchev–Trinajstić information content (AvgIpc) is 2.91. The van der Waals surface area contributed by atoms with Crippen molar-refractivity contribution in [3.8, 4) is 0 Å². The molecular formula is C25H46BNO3S. The average molecular weight is 452 g/mol. The minimum absolute atomic E-state index is 0.129. The van der Waals surface area contributed by atoms with E-state index in [0.29, 0.717) is 6.04 Å². The Bertz CT molecular complexity index is 627. The quantitative estimate of drug-likeness (QED) is 0.369. The van der Waals surface area contributed by atoms with Gasteiger partial charge in [-0.25, -0.2) is 4.31 Å². The molecule has 31 heavy (non-hydrogen) atoms. The Labute approximate surface area is 196 Å². The van der Waals surface area contributed by atoms with E-state index < -0.39 is 0 Å². The topological polar surface area (TPSA) is 41.9 Å². The van der Waals surface area contributed by atoms with Gasteiger partial charge in [0.05, 0.1) is 11.2 Å². The highest BCUT2D eigenvalue weighted by molar-refractivity contribution is 7.98. The van der Waals surface area contributed by atoms with E-state index in [9.17, 15) is 5.11 Å². The summed E-state index contributed by atoms with van der Waals surface area (Å²) in [5, 5.41) is 9.37. The highest BCUT2D eigenvalue weighted by Gasteiger charge is 2.51. The van der Waals surface area contributed by atoms with Crippen LogP contribution in [-0.2, 0) is 9.31 Å². The maximum Gasteiger partial charge on any atom is 0.494 e. The third kappa shape index (κ3) is 8.08. The summed E-state index contributed by atoms with van der Waals surface area (Å²) in [7, 11) is -0.326. The fourth-order valence-corrected chi connectivity index (χ4v) is 4.73. The van der Waals surface area contributed by atoms with E-state index in [1.807, 2.05) is 25.8 Å². The molecule has 1 saturated heterocycles. The summed E-state index contributed by atoms with van der Waals surface area (Å²) in [4.78, 5) is 0. The molecule has 178 valence electrons. The maximum atomic E-state index is 9.37. The Morgan fingerprint density at radius 2 is 1.55 bits per heavy atom. The molecule has 0 amide bonds. The van der Waals surface area contributed by atoms with Gasteiger partial charge < -0.3 is 14.4 Å². The lowest BCUT2D eigenvalue weighted by Gasteiger charge is -2.35. The van der Waals surface area contributed by atoms with Crippen molar-refractivity contribution in [2.75, 3.05) is 13.2 Å². The van der Waals surface area contributed by atoms with Crippen molar-refractivity contribution in [1.82, 2.24) is 4.31 Å². The Balaban J connectivity index is 0.00000233. The summed E-state index contributed by atoms with van der Waals surface area (Å²) in [5.74, 6) is 0. The molecule has 1 heterocycles. The lowest BCUT2D eigenvalue weighted by atomic mass is 9.78. The highest BCUT2D eigenvalue weighted by atomic mass is 32.2. The molecule has 1 unspecified atom stereocenters. The number of rotatable bonds is 9. The summed E-state index contributed by atoms with van der Waals surface area (Å²) in [6.07, 6.45) is 2.99. The number of nitrogens with zero attached hydrogens (tertiary/aromatic N) is 1. The monoisotopic (exact) mass is 451 g/mol. The first-order valence-electron chi connectivity index (χ1n) is 11.9. The van der Waals surface area contributed by atoms with E-state index in [2.05, 4.69) is 84.0 Å². The summed E-state index contributed by atoms with van der Waals surface area (Å²) < 4.78 is 15.0. The van der Waals surface area contributed by atoms with Crippen molar-refractivity contribution in [3.63, 3.8) is 0 Å². The molecule has 0 saturated carbocycles. The van der Waals surface area contributed by atoms with Crippen molar-refractivity contribution in [3.05, 3.63) is 29.8 Å². The summed E-state index contributed by atoms with van der Waals surface area (Å²) in [6.45, 7) is 22.4. The molecule has 1 aliphatic heterocycles. The fraction of sp³-hybridized carbons (Fsp3) is 0.760. The van der Waals surface area contributed by atoms with Crippen LogP contribution in [0.2, 0.25) is 0 Å². The summed E-state index contributed by atoms with van der Waals surface area (Å²) in [5.41, 5.74) is 1.71. The van der Waals surface area contributed by atoms with Crippen molar-refractivity contribution < 1.29 is 14.4 Å². The lowest BCUT2D eigenvalue weighted by molar-refractivity contribution is 0.00578. The summed E-state index contributed by atoms with van der Waals surface area (Å²) in [6, 6.07) is 9.05. The van der Waals surface area contributed by atoms with Gasteiger partial charge in [0.25, 0.3) is 0 Å². The SMILES string of the molecule is CC.CCCC(c1ccc(B2OC(C)(C)C(C)(C)O2)cc1)N(CCCO)SC(C)(C)C. The first-order valence-corrected chi connectivity index (χ1v) is 12.7. The van der Waals surface area contributed by atoms with Gasteiger partial charge in [0.1, 0.15) is 0 Å². The van der Waals surface area contributed by atoms with Crippen LogP contribution in [0.5, 0.6) is 0 Å². The van der Waals surface area contributed by atoms with Crippen molar-refractivity contribution >= 4 is 24.5 Å². The molecule has 1 aromatic carbocycles. The molecule has 0 spiro atoms. The fourth-order valence-electron chi connectivity index (χ4n) is 3.45. The van der Waals surface area contributed by atoms with E-state index in [-0.39, 0.29) is 29.7 Å². The van der Waals surface area contributed by atoms with Crippen molar-refractivity contribution in [1.29, 1.82) is 0 Å². The zero-order chi connectivity index (χ0) is 23.9. The van der Waals surface area contributed by atoms with E-state index >= 15 is 0 Å². The first-order chi connectivity index (χ1) is 14.4. The predicted octanol–water partition coefficient (Wildman–Crippen LogP) is 5.98. The molecule has 0 aliphatic carbocycles. The van der Waals surface area contributed by atoms with Crippen LogP contribution in [-0.4, -0.2) is 45.6 Å². The van der Waals surface area contributed by atoms with Gasteiger partial charge in [0.2, 0.25) is 0 Å². The molecule has 6 heteroatoms. The van der Waals surface area contributed by atoms with Crippen LogP contribution in [0.3, 0.4) is 0 Å². The van der Waals surface area contributed by atoms with Crippen LogP contribution >= 0.6 is 11.9 Å². The molecule has 1 aliphatic rings. The number of aliphatic hydroxyl groups is 1. The molecule has 0 radical (unpaired) electrons. The Morgan fingerprint density at radius 1 is 1.03 bits per heavy atom. The van der Waals surface area contributed by atoms with Crippen LogP contribution in [0.25, 0.3) is 0 Å². The maximum absolute atomic E-state index is 9.37. The van der Waals surface area contributed by atoms with Crippen molar-refractivity contribution in [2.24, 2.45) is 0 Å². The standard InChI is InChI=1S/C23H40BNO3S.C2H6/c1-9-11-20(25(16-10-17-26)29-21(2,3)4)18-12-14-19(15-13-18)24-27-22(5,6)23(7,8)28-24;1-2/h12-15,20,26H,9-11,16-17H2,1-8H3;1-2H3. The third-order valence-electron chi connectivity index (χ3n) is 5.68. The van der Waals surface area contributed by atoms with Gasteiger partial charge in [0.15, 0.2) is 0 Å². The van der Waals surface area contributed by atoms with Gasteiger partial charge in [-0.1, -0.05) is 63.4 Å². The summed E-state index contributed by atoms with van der Waals surface area (Å²) >= 11 is 1.89. The van der Waals surface area contributed by atoms with E-state index in [1.165, 1.54) is 5.56 Å². The number of aliphatic hydroxyl groups excluding tert-OH is 1. The van der Waals surface area contributed by atoms with Gasteiger partial charge in [-0.15, -0.1) is 0 Å². The molecule has 1 atom stereocenters. The normalized spacial score (nSPS) is 18.6. The van der Waals surface area contributed by atoms with Crippen LogP contribution in [0.15, 0.2) is 24.3 Å². The van der Waals surface area contributed by atoms with Crippen LogP contribution in [0, 0.1) is 0 Å². The van der Waals surface area contributed by atoms with Gasteiger partial charge in [-0.05, 0) is 72.3 Å². The lowest BCUT2D eigenvalue weighted by Crippen LogP contribution is -2.41. The predicted molar refractivity (Wildman–Crippen MR) is 137 cm³/mol. The second-order valence-electron chi connectivity index (χ2n) is 9.98. The number of hydrogen-bond acceptors (Lipinski definition) is 5. The zero-order valence-electron chi connectivity index (χ0n) is 21.6. The first kappa shape index (κ1) is 28.5. The van der Waals surface area contributed by atoms with E-state index in [0.717, 1.165) is 31.3 Å². The van der Waals surface area contributed by atoms with Crippen LogP contribution < -0.4 is 5.46 Å². The van der Waals surface area contributed by atoms with Crippen LogP contribution in [0.4, 0.5) is 0 Å². The number of hydrogen-bond donors (Lipinski definition) is 1. The number of benzene rings is 1. The van der Waals surface area contributed by atoms with E-state index in [1.54, 1.807) is 0 Å². The molecule has 1 N–H and O–H groups in total. The Morgan fingerprint density at radius 3 is 1.97 bits per heavy atom. The van der Waals surface area contributed by atoms with Crippen LogP contribution in [0.1, 0.15) is 100 Å². The second-order valence-corrected chi connectivity index (χ2v) is 11.9. The largest absolute Gasteiger partial charge is 0.494 e. The minimum Gasteiger partial charge on any atom is -0.399 e. The van der Waals surface area contributed by atoms with Gasteiger partial charge in [-0.3, -0.25) is 0 Å². The Kier molecular flexibility index (Phi) is 11.1. The van der Waals surface area contributed by atoms with Crippen molar-refractivity contribution in [2.45, 2.75) is 110 Å². The van der Waals surface area contributed by atoms with E-state index in [4.69, 9.17) is 9.31 Å². The highest BCUT2D eigenvalue weighted by Crippen LogP contribution is 2.38. The van der Waals surface area contributed by atoms with Gasteiger partial charge in [0, 0.05) is 23.9 Å². The smallest absolute Gasteiger partial charge is 0.399 e. The third-order valence-corrected chi connectivity index (χ3v) is 6.90. The zero-order valence-corrected chi connectivity index (χ0v) is 22.4. The van der Waals surface area contributed by atoms with Gasteiger partial charge >= 0.3 is 7.12 Å². The molecular weight excluding hydrogens is 405 g/mol. The molecule has 1 aromatic rings. The molecule has 0 bridgehead atoms. The molecule has 0 aromatic heterocycles. The molecule has 2 rings (SSSR count). The second kappa shape index (κ2) is 12.1. The Hall–Kier alpha value is -0.525. The minimum atomic E-state index is -0.328.